The average molecular weight is 698 g/mol. The summed E-state index contributed by atoms with van der Waals surface area (Å²) in [5, 5.41) is 2.94. The fourth-order valence-electron chi connectivity index (χ4n) is 6.70. The number of nitrogens with one attached hydrogen (secondary N) is 1. The van der Waals surface area contributed by atoms with E-state index in [1.807, 2.05) is 51.2 Å². The summed E-state index contributed by atoms with van der Waals surface area (Å²) in [6.45, 7) is 12.2. The third kappa shape index (κ3) is 5.89. The van der Waals surface area contributed by atoms with Gasteiger partial charge in [0.2, 0.25) is 0 Å². The van der Waals surface area contributed by atoms with Crippen LogP contribution in [0.4, 0.5) is 5.69 Å². The molecule has 1 amide bonds. The Kier molecular flexibility index (Phi) is 8.12. The van der Waals surface area contributed by atoms with E-state index in [1.165, 1.54) is 0 Å². The maximum Gasteiger partial charge on any atom is 0.262 e. The molecule has 0 saturated heterocycles. The van der Waals surface area contributed by atoms with Crippen LogP contribution in [-0.4, -0.2) is 36.0 Å². The zero-order chi connectivity index (χ0) is 30.7. The topological polar surface area (TPSA) is 75.7 Å². The molecule has 0 atom stereocenters. The van der Waals surface area contributed by atoms with Crippen LogP contribution >= 0.6 is 31.9 Å². The van der Waals surface area contributed by atoms with Crippen LogP contribution in [0.1, 0.15) is 76.0 Å². The average Bonchev–Trinajstić information content (AvgIpc) is 2.85. The van der Waals surface area contributed by atoms with E-state index in [4.69, 9.17) is 4.74 Å². The highest BCUT2D eigenvalue weighted by molar-refractivity contribution is 9.11. The third-order valence-corrected chi connectivity index (χ3v) is 9.58. The number of carbonyl (C=O) groups excluding carboxylic acids is 3. The van der Waals surface area contributed by atoms with Gasteiger partial charge < -0.3 is 15.0 Å². The molecule has 2 aliphatic carbocycles. The molecule has 5 rings (SSSR count). The molecule has 222 valence electrons. The molecule has 3 aliphatic rings. The van der Waals surface area contributed by atoms with Crippen molar-refractivity contribution in [2.45, 2.75) is 73.1 Å². The predicted molar refractivity (Wildman–Crippen MR) is 172 cm³/mol. The minimum atomic E-state index is -0.579. The van der Waals surface area contributed by atoms with Crippen molar-refractivity contribution >= 4 is 55.0 Å². The van der Waals surface area contributed by atoms with Crippen LogP contribution in [0.3, 0.4) is 0 Å². The summed E-state index contributed by atoms with van der Waals surface area (Å²) in [5.41, 5.74) is 6.41. The van der Waals surface area contributed by atoms with Gasteiger partial charge >= 0.3 is 0 Å². The number of hydrogen-bond donors (Lipinski definition) is 1. The number of Topliss-reactive ketones (excluding diaryl/α,β-unsaturated/α-hetero) is 2. The lowest BCUT2D eigenvalue weighted by atomic mass is 9.63. The number of nitrogens with zero attached hydrogens (tertiary/aromatic N) is 1. The Hall–Kier alpha value is -2.71. The summed E-state index contributed by atoms with van der Waals surface area (Å²) < 4.78 is 7.68. The van der Waals surface area contributed by atoms with Crippen LogP contribution < -0.4 is 10.1 Å². The molecular formula is C34H38Br2N2O4. The Morgan fingerprint density at radius 1 is 0.929 bits per heavy atom. The first-order chi connectivity index (χ1) is 19.6. The van der Waals surface area contributed by atoms with E-state index < -0.39 is 5.92 Å². The maximum absolute atomic E-state index is 13.9. The highest BCUT2D eigenvalue weighted by atomic mass is 79.9. The van der Waals surface area contributed by atoms with Crippen LogP contribution in [0.15, 0.2) is 61.8 Å². The molecule has 6 nitrogen and oxygen atoms in total. The van der Waals surface area contributed by atoms with Crippen molar-refractivity contribution in [2.75, 3.05) is 19.0 Å². The number of benzene rings is 2. The second-order valence-corrected chi connectivity index (χ2v) is 15.3. The molecule has 1 aliphatic heterocycles. The van der Waals surface area contributed by atoms with Crippen molar-refractivity contribution in [3.05, 3.63) is 78.5 Å². The van der Waals surface area contributed by atoms with Gasteiger partial charge in [-0.2, -0.15) is 0 Å². The van der Waals surface area contributed by atoms with Crippen LogP contribution in [0.2, 0.25) is 0 Å². The molecule has 1 heterocycles. The van der Waals surface area contributed by atoms with Crippen LogP contribution in [0.25, 0.3) is 0 Å². The molecule has 0 spiro atoms. The molecule has 2 aromatic rings. The van der Waals surface area contributed by atoms with E-state index in [9.17, 15) is 14.4 Å². The van der Waals surface area contributed by atoms with E-state index in [-0.39, 0.29) is 34.9 Å². The Labute approximate surface area is 265 Å². The molecule has 2 aromatic carbocycles. The van der Waals surface area contributed by atoms with Gasteiger partial charge in [0.05, 0.1) is 4.47 Å². The fraction of sp³-hybridized carbons (Fsp3) is 0.441. The molecular weight excluding hydrogens is 660 g/mol. The Balaban J connectivity index is 1.60. The largest absolute Gasteiger partial charge is 0.482 e. The van der Waals surface area contributed by atoms with Gasteiger partial charge in [-0.1, -0.05) is 61.3 Å². The normalized spacial score (nSPS) is 20.0. The number of rotatable bonds is 5. The minimum absolute atomic E-state index is 0.0527. The summed E-state index contributed by atoms with van der Waals surface area (Å²) in [6.07, 6.45) is 2.27. The number of allylic oxidation sites excluding steroid dienone is 4. The lowest BCUT2D eigenvalue weighted by Gasteiger charge is -2.48. The van der Waals surface area contributed by atoms with E-state index in [2.05, 4.69) is 69.8 Å². The van der Waals surface area contributed by atoms with Gasteiger partial charge in [0.25, 0.3) is 5.91 Å². The molecule has 0 bridgehead atoms. The molecule has 0 saturated carbocycles. The van der Waals surface area contributed by atoms with Crippen LogP contribution in [-0.2, 0) is 14.4 Å². The fourth-order valence-corrected chi connectivity index (χ4v) is 8.07. The van der Waals surface area contributed by atoms with Crippen molar-refractivity contribution in [1.29, 1.82) is 0 Å². The smallest absolute Gasteiger partial charge is 0.262 e. The summed E-state index contributed by atoms with van der Waals surface area (Å²) in [4.78, 5) is 43.0. The first-order valence-corrected chi connectivity index (χ1v) is 15.9. The number of anilines is 1. The number of carbonyl (C=O) groups is 3. The van der Waals surface area contributed by atoms with Gasteiger partial charge in [-0.25, -0.2) is 0 Å². The Morgan fingerprint density at radius 2 is 1.50 bits per heavy atom. The first-order valence-electron chi connectivity index (χ1n) is 14.3. The zero-order valence-corrected chi connectivity index (χ0v) is 28.5. The zero-order valence-electron chi connectivity index (χ0n) is 25.3. The third-order valence-electron chi connectivity index (χ3n) is 8.53. The second-order valence-electron chi connectivity index (χ2n) is 13.6. The van der Waals surface area contributed by atoms with E-state index in [1.54, 1.807) is 0 Å². The Morgan fingerprint density at radius 3 is 2.05 bits per heavy atom. The molecule has 0 aromatic heterocycles. The lowest BCUT2D eigenvalue weighted by Crippen LogP contribution is -2.43. The van der Waals surface area contributed by atoms with Gasteiger partial charge in [-0.15, -0.1) is 0 Å². The first kappa shape index (κ1) is 30.7. The molecule has 1 N–H and O–H groups in total. The lowest BCUT2D eigenvalue weighted by molar-refractivity contribution is -0.120. The van der Waals surface area contributed by atoms with E-state index >= 15 is 0 Å². The molecule has 0 fully saturated rings. The van der Waals surface area contributed by atoms with Crippen molar-refractivity contribution in [2.24, 2.45) is 10.8 Å². The number of hydrogen-bond acceptors (Lipinski definition) is 5. The summed E-state index contributed by atoms with van der Waals surface area (Å²) in [5.74, 6) is -0.312. The van der Waals surface area contributed by atoms with Crippen molar-refractivity contribution in [3.8, 4) is 5.75 Å². The highest BCUT2D eigenvalue weighted by Gasteiger charge is 2.49. The number of aryl methyl sites for hydroxylation is 2. The molecule has 42 heavy (non-hydrogen) atoms. The van der Waals surface area contributed by atoms with Gasteiger partial charge in [0.1, 0.15) is 5.75 Å². The predicted octanol–water partition coefficient (Wildman–Crippen LogP) is 8.16. The van der Waals surface area contributed by atoms with Gasteiger partial charge in [0, 0.05) is 64.1 Å². The summed E-state index contributed by atoms with van der Waals surface area (Å²) in [6, 6.07) is 9.64. The van der Waals surface area contributed by atoms with Crippen LogP contribution in [0, 0.1) is 24.7 Å². The quantitative estimate of drug-likeness (QED) is 0.341. The monoisotopic (exact) mass is 696 g/mol. The molecule has 8 heteroatoms. The molecule has 0 radical (unpaired) electrons. The summed E-state index contributed by atoms with van der Waals surface area (Å²) >= 11 is 7.29. The number of halogens is 2. The standard InChI is InChI=1S/C34H38Br2N2O4/c1-18-8-9-23(19(2)10-18)37-28(41)17-42-32-21(11-20(35)12-22(32)36)29-30-24(13-33(3,4)15-26(30)39)38(7)25-14-34(5,6)16-27(40)31(25)29/h8-12,29H,13-17H2,1-7H3,(H,37,41). The second kappa shape index (κ2) is 11.1. The highest BCUT2D eigenvalue weighted by Crippen LogP contribution is 2.56. The van der Waals surface area contributed by atoms with Gasteiger partial charge in [-0.3, -0.25) is 14.4 Å². The number of ether oxygens (including phenoxy) is 1. The van der Waals surface area contributed by atoms with Gasteiger partial charge in [0.15, 0.2) is 18.2 Å². The summed E-state index contributed by atoms with van der Waals surface area (Å²) in [7, 11) is 2.00. The molecule has 0 unspecified atom stereocenters. The van der Waals surface area contributed by atoms with E-state index in [0.29, 0.717) is 39.8 Å². The minimum Gasteiger partial charge on any atom is -0.482 e. The maximum atomic E-state index is 13.9. The van der Waals surface area contributed by atoms with Crippen LogP contribution in [0.5, 0.6) is 5.75 Å². The van der Waals surface area contributed by atoms with E-state index in [0.717, 1.165) is 45.5 Å². The SMILES string of the molecule is Cc1ccc(NC(=O)COc2c(Br)cc(Br)cc2C2C3=C(CC(C)(C)CC3=O)N(C)C3=C2C(=O)CC(C)(C)C3)c(C)c1. The van der Waals surface area contributed by atoms with Crippen molar-refractivity contribution in [3.63, 3.8) is 0 Å². The Bertz CT molecular complexity index is 1530. The van der Waals surface area contributed by atoms with Gasteiger partial charge in [-0.05, 0) is 77.2 Å². The number of ketones is 2. The van der Waals surface area contributed by atoms with Crippen molar-refractivity contribution in [1.82, 2.24) is 4.90 Å². The van der Waals surface area contributed by atoms with Crippen molar-refractivity contribution < 1.29 is 19.1 Å². The number of amides is 1.